The molecule has 5 atom stereocenters. The van der Waals surface area contributed by atoms with Crippen molar-refractivity contribution in [2.45, 2.75) is 75.8 Å². The maximum absolute atomic E-state index is 13.8. The van der Waals surface area contributed by atoms with Gasteiger partial charge in [0.2, 0.25) is 17.7 Å². The van der Waals surface area contributed by atoms with Gasteiger partial charge in [-0.15, -0.1) is 0 Å². The summed E-state index contributed by atoms with van der Waals surface area (Å²) in [6, 6.07) is 3.13. The summed E-state index contributed by atoms with van der Waals surface area (Å²) in [5.41, 5.74) is 0.474. The molecule has 0 saturated carbocycles. The summed E-state index contributed by atoms with van der Waals surface area (Å²) < 4.78 is 15.9. The van der Waals surface area contributed by atoms with E-state index in [1.165, 1.54) is 14.0 Å². The number of carbonyl (C=O) groups excluding carboxylic acids is 4. The van der Waals surface area contributed by atoms with E-state index in [0.717, 1.165) is 31.3 Å². The summed E-state index contributed by atoms with van der Waals surface area (Å²) in [5, 5.41) is 19.4. The van der Waals surface area contributed by atoms with Crippen LogP contribution in [0.15, 0.2) is 35.9 Å². The van der Waals surface area contributed by atoms with Crippen LogP contribution in [0.4, 0.5) is 0 Å². The van der Waals surface area contributed by atoms with Crippen molar-refractivity contribution in [3.63, 3.8) is 0 Å². The largest absolute Gasteiger partial charge is 0.497 e. The van der Waals surface area contributed by atoms with Gasteiger partial charge in [-0.05, 0) is 63.6 Å². The Kier molecular flexibility index (Phi) is 11.3. The number of Topliss-reactive ketones (excluding diaryl/α,β-unsaturated/α-hetero) is 1. The predicted octanol–water partition coefficient (Wildman–Crippen LogP) is 0.784. The molecule has 1 aromatic rings. The Morgan fingerprint density at radius 2 is 1.74 bits per heavy atom. The van der Waals surface area contributed by atoms with Crippen molar-refractivity contribution in [1.29, 1.82) is 0 Å². The number of morpholine rings is 1. The number of carbonyl (C=O) groups is 4. The van der Waals surface area contributed by atoms with Crippen molar-refractivity contribution in [1.82, 2.24) is 20.9 Å². The van der Waals surface area contributed by atoms with Crippen molar-refractivity contribution in [2.24, 2.45) is 0 Å². The molecule has 0 aromatic heterocycles. The molecule has 4 N–H and O–H groups in total. The van der Waals surface area contributed by atoms with E-state index in [1.807, 2.05) is 4.90 Å². The quantitative estimate of drug-likeness (QED) is 0.179. The number of allylic oxidation sites excluding steroid dienone is 1. The number of amides is 3. The van der Waals surface area contributed by atoms with Gasteiger partial charge >= 0.3 is 0 Å². The average molecular weight is 601 g/mol. The zero-order valence-corrected chi connectivity index (χ0v) is 25.2. The van der Waals surface area contributed by atoms with Gasteiger partial charge in [-0.2, -0.15) is 0 Å². The molecular formula is C31H44N4O8. The van der Waals surface area contributed by atoms with Crippen LogP contribution < -0.4 is 20.7 Å². The van der Waals surface area contributed by atoms with Gasteiger partial charge in [0.15, 0.2) is 5.78 Å². The van der Waals surface area contributed by atoms with Gasteiger partial charge in [0.1, 0.15) is 29.5 Å². The van der Waals surface area contributed by atoms with Crippen LogP contribution in [0, 0.1) is 0 Å². The number of nitrogens with one attached hydrogen (secondary N) is 3. The van der Waals surface area contributed by atoms with E-state index in [2.05, 4.69) is 22.0 Å². The highest BCUT2D eigenvalue weighted by molar-refractivity contribution is 5.98. The minimum Gasteiger partial charge on any atom is -0.497 e. The number of rotatable bonds is 14. The Morgan fingerprint density at radius 3 is 2.35 bits per heavy atom. The van der Waals surface area contributed by atoms with E-state index in [4.69, 9.17) is 14.2 Å². The Morgan fingerprint density at radius 1 is 1.05 bits per heavy atom. The van der Waals surface area contributed by atoms with Gasteiger partial charge in [0.25, 0.3) is 0 Å². The molecule has 0 radical (unpaired) electrons. The molecule has 0 bridgehead atoms. The van der Waals surface area contributed by atoms with Crippen LogP contribution in [0.2, 0.25) is 0 Å². The topological polar surface area (TPSA) is 159 Å². The molecule has 0 spiro atoms. The first-order chi connectivity index (χ1) is 20.6. The molecule has 2 fully saturated rings. The normalized spacial score (nSPS) is 23.1. The molecule has 2 aliphatic heterocycles. The predicted molar refractivity (Wildman–Crippen MR) is 157 cm³/mol. The molecule has 4 rings (SSSR count). The van der Waals surface area contributed by atoms with Gasteiger partial charge in [-0.3, -0.25) is 24.1 Å². The molecule has 2 heterocycles. The van der Waals surface area contributed by atoms with Crippen LogP contribution in [-0.4, -0.2) is 104 Å². The van der Waals surface area contributed by atoms with Crippen LogP contribution >= 0.6 is 0 Å². The fourth-order valence-electron chi connectivity index (χ4n) is 5.32. The van der Waals surface area contributed by atoms with E-state index in [1.54, 1.807) is 31.2 Å². The number of ketones is 1. The Bertz CT molecular complexity index is 1180. The lowest BCUT2D eigenvalue weighted by Gasteiger charge is -2.29. The maximum Gasteiger partial charge on any atom is 0.246 e. The summed E-state index contributed by atoms with van der Waals surface area (Å²) in [6.45, 7) is 5.89. The van der Waals surface area contributed by atoms with Crippen molar-refractivity contribution < 1.29 is 38.5 Å². The fraction of sp³-hybridized carbons (Fsp3) is 0.613. The smallest absolute Gasteiger partial charge is 0.246 e. The second-order valence-corrected chi connectivity index (χ2v) is 11.6. The highest BCUT2D eigenvalue weighted by Gasteiger charge is 2.50. The summed E-state index contributed by atoms with van der Waals surface area (Å²) in [5.74, 6) is -1.41. The highest BCUT2D eigenvalue weighted by atomic mass is 16.6. The van der Waals surface area contributed by atoms with E-state index in [0.29, 0.717) is 44.0 Å². The molecule has 2 saturated heterocycles. The summed E-state index contributed by atoms with van der Waals surface area (Å²) >= 11 is 0. The van der Waals surface area contributed by atoms with Crippen LogP contribution in [-0.2, 0) is 28.7 Å². The van der Waals surface area contributed by atoms with Crippen molar-refractivity contribution in [3.05, 3.63) is 41.5 Å². The van der Waals surface area contributed by atoms with Crippen LogP contribution in [0.5, 0.6) is 5.75 Å². The van der Waals surface area contributed by atoms with Crippen LogP contribution in [0.25, 0.3) is 0 Å². The van der Waals surface area contributed by atoms with E-state index in [-0.39, 0.29) is 24.8 Å². The summed E-state index contributed by atoms with van der Waals surface area (Å²) in [4.78, 5) is 55.0. The van der Waals surface area contributed by atoms with Gasteiger partial charge in [0.05, 0.1) is 39.5 Å². The van der Waals surface area contributed by atoms with Crippen molar-refractivity contribution in [2.75, 3.05) is 46.6 Å². The third-order valence-corrected chi connectivity index (χ3v) is 8.18. The van der Waals surface area contributed by atoms with E-state index >= 15 is 0 Å². The first-order valence-electron chi connectivity index (χ1n) is 15.0. The molecule has 1 aromatic carbocycles. The van der Waals surface area contributed by atoms with Crippen molar-refractivity contribution in [3.8, 4) is 5.75 Å². The monoisotopic (exact) mass is 600 g/mol. The molecular weight excluding hydrogens is 556 g/mol. The average Bonchev–Trinajstić information content (AvgIpc) is 3.77. The third-order valence-electron chi connectivity index (χ3n) is 8.18. The van der Waals surface area contributed by atoms with Crippen LogP contribution in [0.1, 0.15) is 57.6 Å². The number of hydrogen-bond donors (Lipinski definition) is 4. The van der Waals surface area contributed by atoms with E-state index in [9.17, 15) is 24.3 Å². The van der Waals surface area contributed by atoms with Gasteiger partial charge in [-0.25, -0.2) is 0 Å². The number of ether oxygens (including phenoxy) is 3. The number of methoxy groups -OCH3 is 1. The molecule has 3 aliphatic rings. The number of hydrogen-bond acceptors (Lipinski definition) is 9. The number of benzene rings is 1. The first kappa shape index (κ1) is 32.6. The number of nitrogens with zero attached hydrogens (tertiary/aromatic N) is 1. The summed E-state index contributed by atoms with van der Waals surface area (Å²) in [7, 11) is 1.51. The second kappa shape index (κ2) is 14.9. The Hall–Kier alpha value is -3.32. The number of aliphatic hydroxyl groups is 1. The fourth-order valence-corrected chi connectivity index (χ4v) is 5.32. The van der Waals surface area contributed by atoms with E-state index < -0.39 is 41.6 Å². The molecule has 0 unspecified atom stereocenters. The maximum atomic E-state index is 13.8. The van der Waals surface area contributed by atoms with Gasteiger partial charge in [0, 0.05) is 13.1 Å². The number of epoxide rings is 1. The van der Waals surface area contributed by atoms with Gasteiger partial charge < -0.3 is 35.3 Å². The minimum atomic E-state index is -1.46. The molecule has 236 valence electrons. The minimum absolute atomic E-state index is 0.111. The zero-order chi connectivity index (χ0) is 31.0. The Balaban J connectivity index is 1.49. The lowest BCUT2D eigenvalue weighted by atomic mass is 9.89. The standard InChI is InChI=1S/C31H44N4O8/c1-20(32-25(36)18-35-13-15-42-16-14-35)29(39)34-26(27(37)22-9-11-23(41-3)12-10-22)30(40)33-24(28(38)31(2)19-43-31)17-21-7-5-4-6-8-21/h7,9-12,20,24,26-27,37H,4-6,8,13-19H2,1-3H3,(H,32,36)(H,33,40)(H,34,39)/t20-,24-,26-,27+,31+/m0/s1. The third kappa shape index (κ3) is 9.09. The Labute approximate surface area is 252 Å². The second-order valence-electron chi connectivity index (χ2n) is 11.6. The molecule has 1 aliphatic carbocycles. The van der Waals surface area contributed by atoms with Gasteiger partial charge in [-0.1, -0.05) is 23.8 Å². The molecule has 12 nitrogen and oxygen atoms in total. The molecule has 12 heteroatoms. The lowest BCUT2D eigenvalue weighted by Crippen LogP contribution is -2.58. The zero-order valence-electron chi connectivity index (χ0n) is 25.2. The van der Waals surface area contributed by atoms with Crippen molar-refractivity contribution >= 4 is 23.5 Å². The molecule has 3 amide bonds. The van der Waals surface area contributed by atoms with Crippen LogP contribution in [0.3, 0.4) is 0 Å². The first-order valence-corrected chi connectivity index (χ1v) is 15.0. The summed E-state index contributed by atoms with van der Waals surface area (Å²) in [6.07, 6.45) is 4.84. The highest BCUT2D eigenvalue weighted by Crippen LogP contribution is 2.31. The number of aliphatic hydroxyl groups excluding tert-OH is 1. The lowest BCUT2D eigenvalue weighted by molar-refractivity contribution is -0.136. The molecule has 43 heavy (non-hydrogen) atoms. The SMILES string of the molecule is COc1ccc([C@@H](O)[C@H](NC(=O)[C@H](C)NC(=O)CN2CCOCC2)C(=O)N[C@@H](CC2=CCCCC2)C(=O)[C@@]2(C)CO2)cc1.